The van der Waals surface area contributed by atoms with Crippen LogP contribution in [0, 0.1) is 6.92 Å². The molecule has 0 aliphatic carbocycles. The highest BCUT2D eigenvalue weighted by Gasteiger charge is 2.16. The van der Waals surface area contributed by atoms with Crippen molar-refractivity contribution in [2.24, 2.45) is 0 Å². The predicted octanol–water partition coefficient (Wildman–Crippen LogP) is 3.36. The lowest BCUT2D eigenvalue weighted by molar-refractivity contribution is 0.0596. The molecule has 22 heavy (non-hydrogen) atoms. The molecule has 0 amide bonds. The number of aryl methyl sites for hydroxylation is 1. The summed E-state index contributed by atoms with van der Waals surface area (Å²) in [5.41, 5.74) is 2.71. The quantitative estimate of drug-likeness (QED) is 0.858. The SMILES string of the molecule is COC(=O)c1ccc(NC(C)c2ccccc2C)nc1OC. The minimum absolute atomic E-state index is 0.0855. The van der Waals surface area contributed by atoms with Crippen LogP contribution in [0.1, 0.15) is 34.5 Å². The maximum atomic E-state index is 11.6. The summed E-state index contributed by atoms with van der Waals surface area (Å²) < 4.78 is 9.87. The number of carbonyl (C=O) groups excluding carboxylic acids is 1. The molecule has 1 atom stereocenters. The third-order valence-electron chi connectivity index (χ3n) is 3.48. The van der Waals surface area contributed by atoms with E-state index < -0.39 is 5.97 Å². The van der Waals surface area contributed by atoms with Crippen LogP contribution in [0.2, 0.25) is 0 Å². The number of esters is 1. The molecule has 5 heteroatoms. The number of nitrogens with one attached hydrogen (secondary N) is 1. The van der Waals surface area contributed by atoms with E-state index in [0.717, 1.165) is 0 Å². The van der Waals surface area contributed by atoms with Crippen LogP contribution in [-0.2, 0) is 4.74 Å². The molecule has 0 aliphatic heterocycles. The van der Waals surface area contributed by atoms with Gasteiger partial charge in [0.15, 0.2) is 0 Å². The number of rotatable bonds is 5. The molecule has 0 saturated carbocycles. The Morgan fingerprint density at radius 2 is 1.91 bits per heavy atom. The van der Waals surface area contributed by atoms with Crippen molar-refractivity contribution in [3.05, 3.63) is 53.1 Å². The first-order chi connectivity index (χ1) is 10.6. The van der Waals surface area contributed by atoms with Crippen molar-refractivity contribution in [3.63, 3.8) is 0 Å². The highest BCUT2D eigenvalue weighted by atomic mass is 16.5. The molecule has 0 spiro atoms. The van der Waals surface area contributed by atoms with E-state index in [1.54, 1.807) is 12.1 Å². The van der Waals surface area contributed by atoms with Crippen LogP contribution in [0.5, 0.6) is 5.88 Å². The first kappa shape index (κ1) is 15.8. The molecule has 1 heterocycles. The van der Waals surface area contributed by atoms with Crippen LogP contribution in [0.25, 0.3) is 0 Å². The molecule has 1 aromatic carbocycles. The third kappa shape index (κ3) is 3.36. The normalized spacial score (nSPS) is 11.6. The molecular formula is C17H20N2O3. The average Bonchev–Trinajstić information content (AvgIpc) is 2.54. The van der Waals surface area contributed by atoms with E-state index in [0.29, 0.717) is 11.4 Å². The molecule has 0 fully saturated rings. The first-order valence-electron chi connectivity index (χ1n) is 7.02. The lowest BCUT2D eigenvalue weighted by Gasteiger charge is -2.18. The number of aromatic nitrogens is 1. The van der Waals surface area contributed by atoms with E-state index in [-0.39, 0.29) is 11.9 Å². The largest absolute Gasteiger partial charge is 0.480 e. The zero-order valence-electron chi connectivity index (χ0n) is 13.2. The summed E-state index contributed by atoms with van der Waals surface area (Å²) in [6, 6.07) is 11.6. The van der Waals surface area contributed by atoms with Gasteiger partial charge in [-0.15, -0.1) is 0 Å². The Bertz CT molecular complexity index is 671. The Balaban J connectivity index is 2.23. The smallest absolute Gasteiger partial charge is 0.343 e. The lowest BCUT2D eigenvalue weighted by atomic mass is 10.0. The van der Waals surface area contributed by atoms with E-state index in [2.05, 4.69) is 36.3 Å². The number of pyridine rings is 1. The van der Waals surface area contributed by atoms with Gasteiger partial charge in [0.25, 0.3) is 0 Å². The molecule has 1 unspecified atom stereocenters. The van der Waals surface area contributed by atoms with Gasteiger partial charge < -0.3 is 14.8 Å². The average molecular weight is 300 g/mol. The van der Waals surface area contributed by atoms with Crippen molar-refractivity contribution >= 4 is 11.8 Å². The highest BCUT2D eigenvalue weighted by molar-refractivity contribution is 5.92. The third-order valence-corrected chi connectivity index (χ3v) is 3.48. The number of carbonyl (C=O) groups is 1. The maximum absolute atomic E-state index is 11.6. The molecule has 0 aliphatic rings. The Kier molecular flexibility index (Phi) is 4.99. The van der Waals surface area contributed by atoms with E-state index in [4.69, 9.17) is 9.47 Å². The lowest BCUT2D eigenvalue weighted by Crippen LogP contribution is -2.11. The van der Waals surface area contributed by atoms with Crippen LogP contribution in [0.4, 0.5) is 5.82 Å². The van der Waals surface area contributed by atoms with Crippen LogP contribution in [0.15, 0.2) is 36.4 Å². The summed E-state index contributed by atoms with van der Waals surface area (Å²) in [7, 11) is 2.80. The zero-order valence-corrected chi connectivity index (χ0v) is 13.2. The molecule has 1 N–H and O–H groups in total. The van der Waals surface area contributed by atoms with E-state index in [9.17, 15) is 4.79 Å². The van der Waals surface area contributed by atoms with Crippen LogP contribution >= 0.6 is 0 Å². The molecular weight excluding hydrogens is 280 g/mol. The molecule has 2 aromatic rings. The Labute approximate surface area is 130 Å². The summed E-state index contributed by atoms with van der Waals surface area (Å²) in [5, 5.41) is 3.31. The fraction of sp³-hybridized carbons (Fsp3) is 0.294. The van der Waals surface area contributed by atoms with E-state index >= 15 is 0 Å². The van der Waals surface area contributed by atoms with Gasteiger partial charge in [-0.05, 0) is 37.1 Å². The molecule has 0 radical (unpaired) electrons. The van der Waals surface area contributed by atoms with Crippen molar-refractivity contribution in [2.75, 3.05) is 19.5 Å². The second-order valence-corrected chi connectivity index (χ2v) is 4.97. The number of nitrogens with zero attached hydrogens (tertiary/aromatic N) is 1. The predicted molar refractivity (Wildman–Crippen MR) is 85.3 cm³/mol. The number of benzene rings is 1. The van der Waals surface area contributed by atoms with Gasteiger partial charge in [-0.3, -0.25) is 0 Å². The van der Waals surface area contributed by atoms with Crippen LogP contribution in [-0.4, -0.2) is 25.2 Å². The van der Waals surface area contributed by atoms with Gasteiger partial charge in [0.05, 0.1) is 20.3 Å². The minimum Gasteiger partial charge on any atom is -0.480 e. The van der Waals surface area contributed by atoms with Gasteiger partial charge in [0, 0.05) is 0 Å². The standard InChI is InChI=1S/C17H20N2O3/c1-11-7-5-6-8-13(11)12(2)18-15-10-9-14(17(20)22-4)16(19-15)21-3/h5-10,12H,1-4H3,(H,18,19). The van der Waals surface area contributed by atoms with E-state index in [1.165, 1.54) is 25.3 Å². The minimum atomic E-state index is -0.470. The monoisotopic (exact) mass is 300 g/mol. The zero-order chi connectivity index (χ0) is 16.1. The molecule has 116 valence electrons. The van der Waals surface area contributed by atoms with Crippen molar-refractivity contribution in [1.29, 1.82) is 0 Å². The van der Waals surface area contributed by atoms with Gasteiger partial charge in [-0.1, -0.05) is 24.3 Å². The highest BCUT2D eigenvalue weighted by Crippen LogP contribution is 2.24. The maximum Gasteiger partial charge on any atom is 0.343 e. The van der Waals surface area contributed by atoms with Gasteiger partial charge in [-0.2, -0.15) is 4.98 Å². The number of hydrogen-bond donors (Lipinski definition) is 1. The van der Waals surface area contributed by atoms with Gasteiger partial charge >= 0.3 is 5.97 Å². The van der Waals surface area contributed by atoms with Crippen molar-refractivity contribution in [3.8, 4) is 5.88 Å². The molecule has 2 rings (SSSR count). The Hall–Kier alpha value is -2.56. The van der Waals surface area contributed by atoms with Crippen molar-refractivity contribution in [1.82, 2.24) is 4.98 Å². The number of hydrogen-bond acceptors (Lipinski definition) is 5. The van der Waals surface area contributed by atoms with Crippen molar-refractivity contribution in [2.45, 2.75) is 19.9 Å². The van der Waals surface area contributed by atoms with Gasteiger partial charge in [-0.25, -0.2) is 4.79 Å². The molecule has 1 aromatic heterocycles. The Morgan fingerprint density at radius 1 is 1.18 bits per heavy atom. The van der Waals surface area contributed by atoms with Gasteiger partial charge in [0.1, 0.15) is 11.4 Å². The summed E-state index contributed by atoms with van der Waals surface area (Å²) in [6.45, 7) is 4.13. The number of methoxy groups -OCH3 is 2. The summed E-state index contributed by atoms with van der Waals surface area (Å²) >= 11 is 0. The molecule has 5 nitrogen and oxygen atoms in total. The second kappa shape index (κ2) is 6.93. The van der Waals surface area contributed by atoms with Crippen LogP contribution in [0.3, 0.4) is 0 Å². The fourth-order valence-corrected chi connectivity index (χ4v) is 2.31. The Morgan fingerprint density at radius 3 is 2.55 bits per heavy atom. The molecule has 0 saturated heterocycles. The summed E-state index contributed by atoms with van der Waals surface area (Å²) in [6.07, 6.45) is 0. The van der Waals surface area contributed by atoms with Gasteiger partial charge in [0.2, 0.25) is 5.88 Å². The van der Waals surface area contributed by atoms with Crippen molar-refractivity contribution < 1.29 is 14.3 Å². The summed E-state index contributed by atoms with van der Waals surface area (Å²) in [5.74, 6) is 0.414. The molecule has 0 bridgehead atoms. The second-order valence-electron chi connectivity index (χ2n) is 4.97. The fourth-order valence-electron chi connectivity index (χ4n) is 2.31. The van der Waals surface area contributed by atoms with Crippen LogP contribution < -0.4 is 10.1 Å². The first-order valence-corrected chi connectivity index (χ1v) is 7.02. The number of anilines is 1. The van der Waals surface area contributed by atoms with E-state index in [1.807, 2.05) is 12.1 Å². The number of ether oxygens (including phenoxy) is 2. The topological polar surface area (TPSA) is 60.5 Å². The summed E-state index contributed by atoms with van der Waals surface area (Å²) in [4.78, 5) is 16.0.